The smallest absolute Gasteiger partial charge is 0.273 e. The second-order valence-corrected chi connectivity index (χ2v) is 8.79. The van der Waals surface area contributed by atoms with E-state index in [1.54, 1.807) is 6.92 Å². The van der Waals surface area contributed by atoms with Crippen molar-refractivity contribution in [1.29, 1.82) is 0 Å². The Bertz CT molecular complexity index is 864. The predicted molar refractivity (Wildman–Crippen MR) is 119 cm³/mol. The number of hydrogen-bond donors (Lipinski definition) is 1. The van der Waals surface area contributed by atoms with Crippen molar-refractivity contribution in [3.63, 3.8) is 0 Å². The van der Waals surface area contributed by atoms with Crippen LogP contribution in [-0.4, -0.2) is 54.6 Å². The molecule has 1 N–H and O–H groups in total. The number of piperazine rings is 1. The first-order chi connectivity index (χ1) is 14.5. The van der Waals surface area contributed by atoms with Crippen LogP contribution in [0.15, 0.2) is 28.9 Å². The molecule has 2 fully saturated rings. The minimum Gasteiger partial charge on any atom is -0.448 e. The van der Waals surface area contributed by atoms with Crippen LogP contribution in [0.4, 0.5) is 5.69 Å². The third-order valence-electron chi connectivity index (χ3n) is 6.79. The van der Waals surface area contributed by atoms with Crippen LogP contribution < -0.4 is 10.2 Å². The summed E-state index contributed by atoms with van der Waals surface area (Å²) in [5, 5.41) is 3.07. The highest BCUT2D eigenvalue weighted by atomic mass is 16.3. The Balaban J connectivity index is 1.15. The van der Waals surface area contributed by atoms with Crippen LogP contribution in [0.3, 0.4) is 0 Å². The number of carbonyl (C=O) groups excluding carboxylic acids is 1. The van der Waals surface area contributed by atoms with Crippen LogP contribution in [-0.2, 0) is 6.42 Å². The van der Waals surface area contributed by atoms with E-state index in [-0.39, 0.29) is 11.9 Å². The molecule has 30 heavy (non-hydrogen) atoms. The molecule has 1 aromatic heterocycles. The Morgan fingerprint density at radius 1 is 1.20 bits per heavy atom. The Morgan fingerprint density at radius 2 is 1.97 bits per heavy atom. The van der Waals surface area contributed by atoms with Gasteiger partial charge in [-0.25, -0.2) is 4.98 Å². The number of carbonyl (C=O) groups is 1. The molecule has 1 amide bonds. The number of hydrogen-bond acceptors (Lipinski definition) is 5. The first-order valence-corrected chi connectivity index (χ1v) is 11.3. The second-order valence-electron chi connectivity index (χ2n) is 8.79. The summed E-state index contributed by atoms with van der Waals surface area (Å²) in [5.41, 5.74) is 4.69. The average molecular weight is 411 g/mol. The van der Waals surface area contributed by atoms with Gasteiger partial charge in [-0.3, -0.25) is 9.69 Å². The van der Waals surface area contributed by atoms with Gasteiger partial charge in [-0.2, -0.15) is 0 Å². The Kier molecular flexibility index (Phi) is 6.42. The van der Waals surface area contributed by atoms with Gasteiger partial charge >= 0.3 is 0 Å². The maximum Gasteiger partial charge on any atom is 0.273 e. The van der Waals surface area contributed by atoms with Crippen LogP contribution in [0.1, 0.15) is 53.7 Å². The van der Waals surface area contributed by atoms with Gasteiger partial charge in [0.2, 0.25) is 0 Å². The summed E-state index contributed by atoms with van der Waals surface area (Å²) in [6, 6.07) is 7.00. The van der Waals surface area contributed by atoms with E-state index >= 15 is 0 Å². The maximum absolute atomic E-state index is 12.1. The van der Waals surface area contributed by atoms with Gasteiger partial charge in [0.15, 0.2) is 11.6 Å². The lowest BCUT2D eigenvalue weighted by Gasteiger charge is -2.40. The van der Waals surface area contributed by atoms with Gasteiger partial charge in [-0.15, -0.1) is 0 Å². The summed E-state index contributed by atoms with van der Waals surface area (Å²) in [6.45, 7) is 11.9. The van der Waals surface area contributed by atoms with Gasteiger partial charge < -0.3 is 14.6 Å². The predicted octanol–water partition coefficient (Wildman–Crippen LogP) is 3.57. The fourth-order valence-corrected chi connectivity index (χ4v) is 4.79. The first kappa shape index (κ1) is 20.9. The van der Waals surface area contributed by atoms with Gasteiger partial charge in [-0.05, 0) is 62.3 Å². The van der Waals surface area contributed by atoms with Crippen molar-refractivity contribution < 1.29 is 9.21 Å². The minimum absolute atomic E-state index is 0.117. The summed E-state index contributed by atoms with van der Waals surface area (Å²) in [4.78, 5) is 21.4. The van der Waals surface area contributed by atoms with Crippen LogP contribution in [0.25, 0.3) is 0 Å². The normalized spacial score (nSPS) is 22.0. The lowest BCUT2D eigenvalue weighted by atomic mass is 9.78. The van der Waals surface area contributed by atoms with E-state index in [1.165, 1.54) is 29.5 Å². The number of aryl methyl sites for hydroxylation is 2. The van der Waals surface area contributed by atoms with Crippen molar-refractivity contribution >= 4 is 11.6 Å². The highest BCUT2D eigenvalue weighted by Crippen LogP contribution is 2.31. The monoisotopic (exact) mass is 410 g/mol. The first-order valence-electron chi connectivity index (χ1n) is 11.3. The van der Waals surface area contributed by atoms with Gasteiger partial charge in [0, 0.05) is 44.8 Å². The molecule has 0 radical (unpaired) electrons. The highest BCUT2D eigenvalue weighted by Gasteiger charge is 2.31. The molecular formula is C24H34N4O2. The fraction of sp³-hybridized carbons (Fsp3) is 0.583. The van der Waals surface area contributed by atoms with Crippen LogP contribution >= 0.6 is 0 Å². The number of nitrogens with zero attached hydrogens (tertiary/aromatic N) is 3. The number of benzene rings is 1. The summed E-state index contributed by atoms with van der Waals surface area (Å²) >= 11 is 0. The molecular weight excluding hydrogens is 376 g/mol. The van der Waals surface area contributed by atoms with E-state index in [4.69, 9.17) is 4.42 Å². The standard InChI is InChI=1S/C24H34N4O2/c1-4-20-6-5-7-23(17(20)2)28-12-10-27(11-13-28)9-8-19-14-21(15-19)26-24(29)22-16-30-18(3)25-22/h5-7,16,19,21H,4,8-15H2,1-3H3,(H,26,29). The van der Waals surface area contributed by atoms with Gasteiger partial charge in [0.05, 0.1) is 0 Å². The van der Waals surface area contributed by atoms with E-state index < -0.39 is 0 Å². The van der Waals surface area contributed by atoms with Crippen molar-refractivity contribution in [3.05, 3.63) is 47.2 Å². The molecule has 0 bridgehead atoms. The zero-order chi connectivity index (χ0) is 21.1. The van der Waals surface area contributed by atoms with E-state index in [9.17, 15) is 4.79 Å². The second kappa shape index (κ2) is 9.21. The number of aromatic nitrogens is 1. The van der Waals surface area contributed by atoms with E-state index in [0.29, 0.717) is 11.6 Å². The van der Waals surface area contributed by atoms with Crippen molar-refractivity contribution in [3.8, 4) is 0 Å². The van der Waals surface area contributed by atoms with Gasteiger partial charge in [-0.1, -0.05) is 19.1 Å². The van der Waals surface area contributed by atoms with E-state index in [1.807, 2.05) is 0 Å². The quantitative estimate of drug-likeness (QED) is 0.756. The molecule has 2 heterocycles. The van der Waals surface area contributed by atoms with Gasteiger partial charge in [0.25, 0.3) is 5.91 Å². The van der Waals surface area contributed by atoms with E-state index in [0.717, 1.165) is 57.9 Å². The van der Waals surface area contributed by atoms with Crippen molar-refractivity contribution in [2.75, 3.05) is 37.6 Å². The maximum atomic E-state index is 12.1. The summed E-state index contributed by atoms with van der Waals surface area (Å²) in [6.07, 6.45) is 5.90. The van der Waals surface area contributed by atoms with Crippen LogP contribution in [0.2, 0.25) is 0 Å². The number of amides is 1. The highest BCUT2D eigenvalue weighted by molar-refractivity contribution is 5.92. The molecule has 1 aromatic carbocycles. The summed E-state index contributed by atoms with van der Waals surface area (Å²) < 4.78 is 5.12. The largest absolute Gasteiger partial charge is 0.448 e. The number of nitrogens with one attached hydrogen (secondary N) is 1. The molecule has 1 saturated heterocycles. The van der Waals surface area contributed by atoms with Crippen molar-refractivity contribution in [2.45, 2.75) is 52.5 Å². The summed E-state index contributed by atoms with van der Waals surface area (Å²) in [5.74, 6) is 1.13. The lowest BCUT2D eigenvalue weighted by Crippen LogP contribution is -2.48. The Labute approximate surface area is 179 Å². The third-order valence-corrected chi connectivity index (χ3v) is 6.79. The molecule has 2 aromatic rings. The Hall–Kier alpha value is -2.34. The molecule has 1 aliphatic heterocycles. The van der Waals surface area contributed by atoms with Crippen LogP contribution in [0, 0.1) is 19.8 Å². The number of oxazole rings is 1. The molecule has 1 saturated carbocycles. The van der Waals surface area contributed by atoms with Gasteiger partial charge in [0.1, 0.15) is 6.26 Å². The zero-order valence-corrected chi connectivity index (χ0v) is 18.5. The van der Waals surface area contributed by atoms with Crippen molar-refractivity contribution in [1.82, 2.24) is 15.2 Å². The molecule has 0 spiro atoms. The zero-order valence-electron chi connectivity index (χ0n) is 18.5. The molecule has 4 rings (SSSR count). The number of anilines is 1. The Morgan fingerprint density at radius 3 is 2.63 bits per heavy atom. The molecule has 0 atom stereocenters. The number of rotatable bonds is 7. The molecule has 1 aliphatic carbocycles. The lowest BCUT2D eigenvalue weighted by molar-refractivity contribution is 0.0872. The van der Waals surface area contributed by atoms with Crippen molar-refractivity contribution in [2.24, 2.45) is 5.92 Å². The van der Waals surface area contributed by atoms with Crippen LogP contribution in [0.5, 0.6) is 0 Å². The average Bonchev–Trinajstić information content (AvgIpc) is 3.16. The SMILES string of the molecule is CCc1cccc(N2CCN(CCC3CC(NC(=O)c4coc(C)n4)C3)CC2)c1C. The molecule has 2 aliphatic rings. The molecule has 6 nitrogen and oxygen atoms in total. The minimum atomic E-state index is -0.117. The topological polar surface area (TPSA) is 61.6 Å². The third kappa shape index (κ3) is 4.69. The molecule has 162 valence electrons. The summed E-state index contributed by atoms with van der Waals surface area (Å²) in [7, 11) is 0. The fourth-order valence-electron chi connectivity index (χ4n) is 4.79. The van der Waals surface area contributed by atoms with E-state index in [2.05, 4.69) is 52.1 Å². The molecule has 6 heteroatoms. The molecule has 0 unspecified atom stereocenters.